The van der Waals surface area contributed by atoms with E-state index < -0.39 is 10.0 Å². The third-order valence-electron chi connectivity index (χ3n) is 4.21. The van der Waals surface area contributed by atoms with Crippen molar-refractivity contribution in [3.63, 3.8) is 0 Å². The van der Waals surface area contributed by atoms with Crippen LogP contribution in [0.15, 0.2) is 34.9 Å². The molecule has 0 saturated carbocycles. The molecule has 134 valence electrons. The van der Waals surface area contributed by atoms with Gasteiger partial charge in [0.05, 0.1) is 12.8 Å². The lowest BCUT2D eigenvalue weighted by molar-refractivity contribution is -0.126. The number of rotatable bonds is 5. The smallest absolute Gasteiger partial charge is 0.246 e. The molecule has 0 radical (unpaired) electrons. The Hall–Kier alpha value is -2.26. The molecule has 2 aromatic rings. The van der Waals surface area contributed by atoms with Crippen molar-refractivity contribution in [1.82, 2.24) is 19.8 Å². The molecule has 1 N–H and O–H groups in total. The Kier molecular flexibility index (Phi) is 5.14. The predicted molar refractivity (Wildman–Crippen MR) is 90.7 cm³/mol. The van der Waals surface area contributed by atoms with Crippen molar-refractivity contribution < 1.29 is 17.7 Å². The second-order valence-electron chi connectivity index (χ2n) is 6.03. The normalized spacial score (nSPS) is 16.7. The molecule has 1 saturated heterocycles. The molecular formula is C16H20N4O4S. The third kappa shape index (κ3) is 4.43. The number of carbonyl (C=O) groups is 1. The highest BCUT2D eigenvalue weighted by Crippen LogP contribution is 2.19. The van der Waals surface area contributed by atoms with Gasteiger partial charge in [0, 0.05) is 24.6 Å². The first-order valence-electron chi connectivity index (χ1n) is 8.04. The van der Waals surface area contributed by atoms with Gasteiger partial charge in [0.25, 0.3) is 0 Å². The first-order chi connectivity index (χ1) is 11.9. The maximum Gasteiger partial charge on any atom is 0.246 e. The van der Waals surface area contributed by atoms with Crippen LogP contribution in [0.25, 0.3) is 11.4 Å². The Morgan fingerprint density at radius 3 is 2.60 bits per heavy atom. The lowest BCUT2D eigenvalue weighted by Gasteiger charge is -2.29. The Morgan fingerprint density at radius 2 is 1.96 bits per heavy atom. The topological polar surface area (TPSA) is 105 Å². The van der Waals surface area contributed by atoms with E-state index in [1.165, 1.54) is 10.6 Å². The summed E-state index contributed by atoms with van der Waals surface area (Å²) in [7, 11) is -3.19. The van der Waals surface area contributed by atoms with E-state index in [1.54, 1.807) is 0 Å². The second-order valence-corrected chi connectivity index (χ2v) is 8.01. The summed E-state index contributed by atoms with van der Waals surface area (Å²) in [5.41, 5.74) is 0.844. The maximum absolute atomic E-state index is 12.2. The highest BCUT2D eigenvalue weighted by molar-refractivity contribution is 7.88. The van der Waals surface area contributed by atoms with E-state index in [1.807, 2.05) is 30.3 Å². The summed E-state index contributed by atoms with van der Waals surface area (Å²) in [5.74, 6) is 0.495. The van der Waals surface area contributed by atoms with Gasteiger partial charge < -0.3 is 9.84 Å². The van der Waals surface area contributed by atoms with Crippen molar-refractivity contribution >= 4 is 15.9 Å². The summed E-state index contributed by atoms with van der Waals surface area (Å²) in [4.78, 5) is 16.5. The average molecular weight is 364 g/mol. The monoisotopic (exact) mass is 364 g/mol. The summed E-state index contributed by atoms with van der Waals surface area (Å²) in [6.45, 7) is 0.899. The van der Waals surface area contributed by atoms with Crippen LogP contribution < -0.4 is 5.32 Å². The van der Waals surface area contributed by atoms with E-state index in [4.69, 9.17) is 4.52 Å². The molecule has 9 heteroatoms. The number of nitrogens with one attached hydrogen (secondary N) is 1. The van der Waals surface area contributed by atoms with Crippen molar-refractivity contribution in [3.05, 3.63) is 36.2 Å². The standard InChI is InChI=1S/C16H20N4O4S/c1-25(22,23)20-9-7-13(8-10-20)16(21)17-11-14-18-15(19-24-14)12-5-3-2-4-6-12/h2-6,13H,7-11H2,1H3,(H,17,21). The Bertz CT molecular complexity index is 827. The van der Waals surface area contributed by atoms with E-state index in [-0.39, 0.29) is 18.4 Å². The van der Waals surface area contributed by atoms with Crippen LogP contribution in [-0.2, 0) is 21.4 Å². The molecule has 1 aromatic carbocycles. The fourth-order valence-electron chi connectivity index (χ4n) is 2.79. The Labute approximate surface area is 146 Å². The van der Waals surface area contributed by atoms with Crippen LogP contribution >= 0.6 is 0 Å². The molecule has 0 spiro atoms. The summed E-state index contributed by atoms with van der Waals surface area (Å²) in [6, 6.07) is 9.43. The number of hydrogen-bond donors (Lipinski definition) is 1. The van der Waals surface area contributed by atoms with Crippen molar-refractivity contribution in [1.29, 1.82) is 0 Å². The molecule has 1 amide bonds. The molecule has 25 heavy (non-hydrogen) atoms. The predicted octanol–water partition coefficient (Wildman–Crippen LogP) is 1.02. The Morgan fingerprint density at radius 1 is 1.28 bits per heavy atom. The molecule has 0 bridgehead atoms. The number of piperidine rings is 1. The van der Waals surface area contributed by atoms with E-state index in [9.17, 15) is 13.2 Å². The minimum absolute atomic E-state index is 0.118. The number of benzene rings is 1. The van der Waals surface area contributed by atoms with Gasteiger partial charge in [-0.3, -0.25) is 4.79 Å². The molecule has 1 fully saturated rings. The van der Waals surface area contributed by atoms with Crippen LogP contribution in [-0.4, -0.2) is 48.1 Å². The van der Waals surface area contributed by atoms with Crippen LogP contribution in [0.1, 0.15) is 18.7 Å². The first-order valence-corrected chi connectivity index (χ1v) is 9.89. The highest BCUT2D eigenvalue weighted by atomic mass is 32.2. The zero-order chi connectivity index (χ0) is 17.9. The minimum Gasteiger partial charge on any atom is -0.347 e. The molecule has 1 aliphatic heterocycles. The fourth-order valence-corrected chi connectivity index (χ4v) is 3.66. The molecule has 8 nitrogen and oxygen atoms in total. The molecule has 0 atom stereocenters. The second kappa shape index (κ2) is 7.32. The lowest BCUT2D eigenvalue weighted by Crippen LogP contribution is -2.42. The van der Waals surface area contributed by atoms with Gasteiger partial charge >= 0.3 is 0 Å². The van der Waals surface area contributed by atoms with Crippen molar-refractivity contribution in [2.45, 2.75) is 19.4 Å². The molecule has 3 rings (SSSR count). The van der Waals surface area contributed by atoms with Crippen LogP contribution in [0.5, 0.6) is 0 Å². The third-order valence-corrected chi connectivity index (χ3v) is 5.51. The first kappa shape index (κ1) is 17.6. The van der Waals surface area contributed by atoms with Crippen LogP contribution in [0.4, 0.5) is 0 Å². The molecular weight excluding hydrogens is 344 g/mol. The molecule has 1 aliphatic rings. The number of aromatic nitrogens is 2. The summed E-state index contributed by atoms with van der Waals surface area (Å²) in [6.07, 6.45) is 2.21. The molecule has 0 unspecified atom stereocenters. The van der Waals surface area contributed by atoms with Gasteiger partial charge in [0.1, 0.15) is 0 Å². The van der Waals surface area contributed by atoms with Crippen LogP contribution in [0, 0.1) is 5.92 Å². The number of carbonyl (C=O) groups excluding carboxylic acids is 1. The van der Waals surface area contributed by atoms with E-state index in [2.05, 4.69) is 15.5 Å². The van der Waals surface area contributed by atoms with Gasteiger partial charge in [-0.15, -0.1) is 0 Å². The lowest BCUT2D eigenvalue weighted by atomic mass is 9.97. The zero-order valence-electron chi connectivity index (χ0n) is 13.9. The number of hydrogen-bond acceptors (Lipinski definition) is 6. The summed E-state index contributed by atoms with van der Waals surface area (Å²) < 4.78 is 29.5. The van der Waals surface area contributed by atoms with Crippen molar-refractivity contribution in [2.24, 2.45) is 5.92 Å². The average Bonchev–Trinajstić information content (AvgIpc) is 3.09. The van der Waals surface area contributed by atoms with Crippen LogP contribution in [0.3, 0.4) is 0 Å². The van der Waals surface area contributed by atoms with Gasteiger partial charge in [-0.25, -0.2) is 12.7 Å². The highest BCUT2D eigenvalue weighted by Gasteiger charge is 2.28. The summed E-state index contributed by atoms with van der Waals surface area (Å²) >= 11 is 0. The Balaban J connectivity index is 1.51. The maximum atomic E-state index is 12.2. The fraction of sp³-hybridized carbons (Fsp3) is 0.438. The number of amides is 1. The number of nitrogens with zero attached hydrogens (tertiary/aromatic N) is 3. The van der Waals surface area contributed by atoms with Gasteiger partial charge in [0.15, 0.2) is 0 Å². The summed E-state index contributed by atoms with van der Waals surface area (Å²) in [5, 5.41) is 6.69. The van der Waals surface area contributed by atoms with Gasteiger partial charge in [0.2, 0.25) is 27.6 Å². The quantitative estimate of drug-likeness (QED) is 0.849. The molecule has 0 aliphatic carbocycles. The SMILES string of the molecule is CS(=O)(=O)N1CCC(C(=O)NCc2nc(-c3ccccc3)no2)CC1. The largest absolute Gasteiger partial charge is 0.347 e. The van der Waals surface area contributed by atoms with E-state index in [0.29, 0.717) is 37.6 Å². The number of sulfonamides is 1. The van der Waals surface area contributed by atoms with E-state index in [0.717, 1.165) is 5.56 Å². The van der Waals surface area contributed by atoms with Gasteiger partial charge in [-0.1, -0.05) is 35.5 Å². The zero-order valence-corrected chi connectivity index (χ0v) is 14.7. The van der Waals surface area contributed by atoms with E-state index >= 15 is 0 Å². The molecule has 2 heterocycles. The van der Waals surface area contributed by atoms with Gasteiger partial charge in [-0.05, 0) is 12.8 Å². The van der Waals surface area contributed by atoms with Crippen molar-refractivity contribution in [3.8, 4) is 11.4 Å². The van der Waals surface area contributed by atoms with Crippen molar-refractivity contribution in [2.75, 3.05) is 19.3 Å². The van der Waals surface area contributed by atoms with Gasteiger partial charge in [-0.2, -0.15) is 4.98 Å². The minimum atomic E-state index is -3.19. The van der Waals surface area contributed by atoms with Crippen LogP contribution in [0.2, 0.25) is 0 Å². The molecule has 1 aromatic heterocycles.